The van der Waals surface area contributed by atoms with Gasteiger partial charge in [-0.25, -0.2) is 0 Å². The third-order valence-electron chi connectivity index (χ3n) is 5.06. The van der Waals surface area contributed by atoms with Crippen molar-refractivity contribution in [1.29, 1.82) is 0 Å². The Labute approximate surface area is 169 Å². The van der Waals surface area contributed by atoms with E-state index in [4.69, 9.17) is 27.9 Å². The molecule has 0 saturated carbocycles. The number of hydrogen-bond donors (Lipinski definition) is 1. The molecule has 0 spiro atoms. The van der Waals surface area contributed by atoms with Crippen molar-refractivity contribution in [1.82, 2.24) is 15.1 Å². The number of carbonyl (C=O) groups excluding carboxylic acids is 2. The summed E-state index contributed by atoms with van der Waals surface area (Å²) in [4.78, 5) is 28.7. The van der Waals surface area contributed by atoms with E-state index >= 15 is 0 Å². The number of rotatable bonds is 5. The van der Waals surface area contributed by atoms with E-state index < -0.39 is 0 Å². The lowest BCUT2D eigenvalue weighted by atomic mass is 10.1. The van der Waals surface area contributed by atoms with Crippen LogP contribution in [0.1, 0.15) is 31.4 Å². The van der Waals surface area contributed by atoms with Crippen LogP contribution in [0.25, 0.3) is 0 Å². The van der Waals surface area contributed by atoms with Crippen molar-refractivity contribution >= 4 is 35.0 Å². The molecule has 0 aliphatic carbocycles. The van der Waals surface area contributed by atoms with E-state index in [1.807, 2.05) is 17.9 Å². The third kappa shape index (κ3) is 5.35. The predicted octanol–water partition coefficient (Wildman–Crippen LogP) is 2.49. The Kier molecular flexibility index (Phi) is 6.98. The summed E-state index contributed by atoms with van der Waals surface area (Å²) < 4.78 is 5.47. The Balaban J connectivity index is 1.44. The Morgan fingerprint density at radius 1 is 1.26 bits per heavy atom. The van der Waals surface area contributed by atoms with Crippen LogP contribution in [-0.2, 0) is 14.3 Å². The van der Waals surface area contributed by atoms with Crippen LogP contribution in [0.4, 0.5) is 0 Å². The van der Waals surface area contributed by atoms with Gasteiger partial charge in [-0.05, 0) is 37.5 Å². The molecule has 0 radical (unpaired) electrons. The molecule has 8 heteroatoms. The molecule has 2 heterocycles. The smallest absolute Gasteiger partial charge is 0.251 e. The Morgan fingerprint density at radius 3 is 2.63 bits per heavy atom. The second kappa shape index (κ2) is 9.24. The molecule has 2 amide bonds. The fourth-order valence-corrected chi connectivity index (χ4v) is 4.10. The molecule has 1 aromatic rings. The average Bonchev–Trinajstić information content (AvgIpc) is 3.16. The largest absolute Gasteiger partial charge is 0.368 e. The number of benzene rings is 1. The zero-order valence-electron chi connectivity index (χ0n) is 15.4. The molecule has 2 unspecified atom stereocenters. The average molecular weight is 414 g/mol. The number of nitrogens with zero attached hydrogens (tertiary/aromatic N) is 2. The van der Waals surface area contributed by atoms with Gasteiger partial charge in [-0.2, -0.15) is 0 Å². The third-order valence-corrected chi connectivity index (χ3v) is 5.63. The van der Waals surface area contributed by atoms with Crippen LogP contribution in [-0.4, -0.2) is 67.0 Å². The molecule has 0 bridgehead atoms. The van der Waals surface area contributed by atoms with E-state index in [9.17, 15) is 9.59 Å². The Hall–Kier alpha value is -1.34. The zero-order valence-corrected chi connectivity index (χ0v) is 16.9. The first-order valence-corrected chi connectivity index (χ1v) is 10.1. The number of amides is 2. The zero-order chi connectivity index (χ0) is 19.4. The van der Waals surface area contributed by atoms with Crippen LogP contribution in [0, 0.1) is 0 Å². The first-order valence-electron chi connectivity index (χ1n) is 9.31. The molecular formula is C19H25Cl2N3O3. The number of halogens is 2. The molecule has 6 nitrogen and oxygen atoms in total. The van der Waals surface area contributed by atoms with Crippen molar-refractivity contribution in [2.24, 2.45) is 0 Å². The van der Waals surface area contributed by atoms with Crippen molar-refractivity contribution in [3.8, 4) is 0 Å². The summed E-state index contributed by atoms with van der Waals surface area (Å²) in [6.45, 7) is 5.49. The normalized spacial score (nSPS) is 21.9. The first-order chi connectivity index (χ1) is 12.9. The summed E-state index contributed by atoms with van der Waals surface area (Å²) >= 11 is 12.1. The minimum absolute atomic E-state index is 0.0626. The van der Waals surface area contributed by atoms with E-state index in [2.05, 4.69) is 10.2 Å². The second-order valence-electron chi connectivity index (χ2n) is 7.06. The van der Waals surface area contributed by atoms with Gasteiger partial charge in [0.05, 0.1) is 12.6 Å². The van der Waals surface area contributed by atoms with Gasteiger partial charge < -0.3 is 15.0 Å². The van der Waals surface area contributed by atoms with Crippen LogP contribution in [0.3, 0.4) is 0 Å². The van der Waals surface area contributed by atoms with E-state index in [1.54, 1.807) is 12.1 Å². The highest BCUT2D eigenvalue weighted by molar-refractivity contribution is 6.35. The monoisotopic (exact) mass is 413 g/mol. The predicted molar refractivity (Wildman–Crippen MR) is 105 cm³/mol. The molecule has 2 saturated heterocycles. The standard InChI is InChI=1S/C19H25Cl2N3O3/c1-13(15-5-4-14(20)11-16(15)21)22-18(25)12-23-6-8-24(9-7-23)19(26)17-3-2-10-27-17/h4-5,11,13,17H,2-3,6-10,12H2,1H3,(H,22,25). The van der Waals surface area contributed by atoms with E-state index in [1.165, 1.54) is 0 Å². The molecule has 1 aromatic carbocycles. The lowest BCUT2D eigenvalue weighted by molar-refractivity contribution is -0.142. The van der Waals surface area contributed by atoms with Gasteiger partial charge in [0.2, 0.25) is 5.91 Å². The topological polar surface area (TPSA) is 61.9 Å². The van der Waals surface area contributed by atoms with Gasteiger partial charge >= 0.3 is 0 Å². The summed E-state index contributed by atoms with van der Waals surface area (Å²) in [6.07, 6.45) is 1.49. The Morgan fingerprint density at radius 2 is 2.00 bits per heavy atom. The quantitative estimate of drug-likeness (QED) is 0.805. The molecule has 3 rings (SSSR count). The fourth-order valence-electron chi connectivity index (χ4n) is 3.52. The van der Waals surface area contributed by atoms with Gasteiger partial charge in [0.25, 0.3) is 5.91 Å². The molecular weight excluding hydrogens is 389 g/mol. The van der Waals surface area contributed by atoms with E-state index in [0.29, 0.717) is 49.4 Å². The maximum atomic E-state index is 12.4. The highest BCUT2D eigenvalue weighted by atomic mass is 35.5. The number of hydrogen-bond acceptors (Lipinski definition) is 4. The summed E-state index contributed by atoms with van der Waals surface area (Å²) in [5, 5.41) is 4.08. The van der Waals surface area contributed by atoms with Crippen molar-refractivity contribution in [3.05, 3.63) is 33.8 Å². The lowest BCUT2D eigenvalue weighted by Gasteiger charge is -2.35. The lowest BCUT2D eigenvalue weighted by Crippen LogP contribution is -2.53. The van der Waals surface area contributed by atoms with Gasteiger partial charge in [0, 0.05) is 42.8 Å². The van der Waals surface area contributed by atoms with Crippen LogP contribution >= 0.6 is 23.2 Å². The highest BCUT2D eigenvalue weighted by Crippen LogP contribution is 2.26. The van der Waals surface area contributed by atoms with Crippen molar-refractivity contribution in [2.45, 2.75) is 31.9 Å². The summed E-state index contributed by atoms with van der Waals surface area (Å²) in [5.74, 6) is 0.0232. The van der Waals surface area contributed by atoms with E-state index in [-0.39, 0.29) is 24.0 Å². The minimum Gasteiger partial charge on any atom is -0.368 e. The molecule has 0 aromatic heterocycles. The van der Waals surface area contributed by atoms with Gasteiger partial charge in [0.1, 0.15) is 6.10 Å². The van der Waals surface area contributed by atoms with Crippen LogP contribution in [0.2, 0.25) is 10.0 Å². The first kappa shape index (κ1) is 20.4. The summed E-state index contributed by atoms with van der Waals surface area (Å²) in [5.41, 5.74) is 0.835. The van der Waals surface area contributed by atoms with Crippen LogP contribution in [0.15, 0.2) is 18.2 Å². The van der Waals surface area contributed by atoms with Crippen molar-refractivity contribution in [3.63, 3.8) is 0 Å². The van der Waals surface area contributed by atoms with Crippen molar-refractivity contribution < 1.29 is 14.3 Å². The Bertz CT molecular complexity index is 687. The molecule has 2 fully saturated rings. The maximum Gasteiger partial charge on any atom is 0.251 e. The van der Waals surface area contributed by atoms with Crippen LogP contribution in [0.5, 0.6) is 0 Å². The van der Waals surface area contributed by atoms with Gasteiger partial charge in [-0.3, -0.25) is 14.5 Å². The number of piperazine rings is 1. The number of nitrogens with one attached hydrogen (secondary N) is 1. The van der Waals surface area contributed by atoms with E-state index in [0.717, 1.165) is 18.4 Å². The number of ether oxygens (including phenoxy) is 1. The van der Waals surface area contributed by atoms with Crippen LogP contribution < -0.4 is 5.32 Å². The molecule has 1 N–H and O–H groups in total. The summed E-state index contributed by atoms with van der Waals surface area (Å²) in [6, 6.07) is 5.05. The number of carbonyl (C=O) groups is 2. The minimum atomic E-state index is -0.273. The van der Waals surface area contributed by atoms with Gasteiger partial charge in [-0.15, -0.1) is 0 Å². The van der Waals surface area contributed by atoms with Gasteiger partial charge in [0.15, 0.2) is 0 Å². The highest BCUT2D eigenvalue weighted by Gasteiger charge is 2.30. The second-order valence-corrected chi connectivity index (χ2v) is 7.90. The van der Waals surface area contributed by atoms with Gasteiger partial charge in [-0.1, -0.05) is 29.3 Å². The SMILES string of the molecule is CC(NC(=O)CN1CCN(C(=O)C2CCCO2)CC1)c1ccc(Cl)cc1Cl. The summed E-state index contributed by atoms with van der Waals surface area (Å²) in [7, 11) is 0. The fraction of sp³-hybridized carbons (Fsp3) is 0.579. The molecule has 148 valence electrons. The molecule has 27 heavy (non-hydrogen) atoms. The maximum absolute atomic E-state index is 12.4. The molecule has 2 aliphatic rings. The molecule has 2 atom stereocenters. The van der Waals surface area contributed by atoms with Crippen molar-refractivity contribution in [2.75, 3.05) is 39.3 Å². The molecule has 2 aliphatic heterocycles.